The first kappa shape index (κ1) is 25.5. The molecular formula is C28H35N5O4S. The zero-order valence-electron chi connectivity index (χ0n) is 22.1. The van der Waals surface area contributed by atoms with Gasteiger partial charge in [-0.3, -0.25) is 24.3 Å². The fraction of sp³-hybridized carbons (Fsp3) is 0.571. The molecule has 1 saturated carbocycles. The van der Waals surface area contributed by atoms with Crippen molar-refractivity contribution in [2.24, 2.45) is 28.6 Å². The summed E-state index contributed by atoms with van der Waals surface area (Å²) in [6.07, 6.45) is 1.23. The highest BCUT2D eigenvalue weighted by Crippen LogP contribution is 2.63. The van der Waals surface area contributed by atoms with E-state index in [4.69, 9.17) is 4.74 Å². The van der Waals surface area contributed by atoms with Crippen LogP contribution in [0.15, 0.2) is 42.0 Å². The van der Waals surface area contributed by atoms with Gasteiger partial charge in [0.25, 0.3) is 0 Å². The molecule has 7 rings (SSSR count). The summed E-state index contributed by atoms with van der Waals surface area (Å²) >= 11 is 1.60. The van der Waals surface area contributed by atoms with Gasteiger partial charge >= 0.3 is 0 Å². The first-order chi connectivity index (χ1) is 18.2. The minimum atomic E-state index is -0.892. The molecule has 3 amide bonds. The maximum atomic E-state index is 13.9. The normalized spacial score (nSPS) is 31.3. The van der Waals surface area contributed by atoms with Gasteiger partial charge < -0.3 is 20.3 Å². The highest BCUT2D eigenvalue weighted by Gasteiger charge is 2.70. The second-order valence-corrected chi connectivity index (χ2v) is 12.9. The number of rotatable bonds is 6. The third-order valence-electron chi connectivity index (χ3n) is 9.19. The van der Waals surface area contributed by atoms with Crippen molar-refractivity contribution < 1.29 is 19.1 Å². The number of likely N-dealkylation sites (tertiary alicyclic amines) is 1. The predicted octanol–water partition coefficient (Wildman–Crippen LogP) is 1.51. The zero-order chi connectivity index (χ0) is 26.7. The molecule has 2 aromatic rings. The van der Waals surface area contributed by atoms with Crippen LogP contribution in [0.3, 0.4) is 0 Å². The van der Waals surface area contributed by atoms with Crippen LogP contribution in [-0.4, -0.2) is 77.9 Å². The van der Waals surface area contributed by atoms with E-state index in [2.05, 4.69) is 34.4 Å². The Morgan fingerprint density at radius 3 is 2.66 bits per heavy atom. The van der Waals surface area contributed by atoms with E-state index >= 15 is 0 Å². The number of fused-ring (bicyclic) bond motifs is 3. The smallest absolute Gasteiger partial charge is 0.245 e. The minimum absolute atomic E-state index is 0.114. The Labute approximate surface area is 226 Å². The van der Waals surface area contributed by atoms with E-state index in [1.165, 1.54) is 0 Å². The molecule has 4 aliphatic heterocycles. The van der Waals surface area contributed by atoms with Crippen LogP contribution in [0, 0.1) is 28.6 Å². The van der Waals surface area contributed by atoms with Gasteiger partial charge in [0, 0.05) is 68.1 Å². The van der Waals surface area contributed by atoms with Crippen LogP contribution in [-0.2, 0) is 32.3 Å². The number of nitrogens with one attached hydrogen (secondary N) is 2. The number of likely N-dealkylation sites (N-methyl/N-ethyl adjacent to an activating group) is 1. The predicted molar refractivity (Wildman–Crippen MR) is 142 cm³/mol. The lowest BCUT2D eigenvalue weighted by Crippen LogP contribution is -2.65. The van der Waals surface area contributed by atoms with E-state index in [-0.39, 0.29) is 46.3 Å². The largest absolute Gasteiger partial charge is 0.371 e. The molecule has 4 saturated heterocycles. The SMILES string of the molecule is CNC(=O)[C@H]1NC(=O)[C@H]2CN(Cc3cncs3)CC23CN(C3)C(=O)[C@H]2C([C@H]1OCc1ccccc1)C2(C)C. The molecule has 5 atom stereocenters. The van der Waals surface area contributed by atoms with Gasteiger partial charge in [-0.25, -0.2) is 0 Å². The van der Waals surface area contributed by atoms with Crippen LogP contribution < -0.4 is 10.6 Å². The van der Waals surface area contributed by atoms with Crippen molar-refractivity contribution in [3.8, 4) is 0 Å². The molecule has 1 aromatic heterocycles. The monoisotopic (exact) mass is 537 g/mol. The summed E-state index contributed by atoms with van der Waals surface area (Å²) in [6.45, 7) is 7.62. The Morgan fingerprint density at radius 1 is 1.21 bits per heavy atom. The molecule has 9 nitrogen and oxygen atoms in total. The molecule has 5 aliphatic rings. The fourth-order valence-corrected chi connectivity index (χ4v) is 7.76. The Morgan fingerprint density at radius 2 is 1.97 bits per heavy atom. The van der Waals surface area contributed by atoms with Crippen molar-refractivity contribution in [3.05, 3.63) is 52.5 Å². The summed E-state index contributed by atoms with van der Waals surface area (Å²) in [4.78, 5) is 50.5. The van der Waals surface area contributed by atoms with Crippen molar-refractivity contribution >= 4 is 29.1 Å². The van der Waals surface area contributed by atoms with E-state index in [1.807, 2.05) is 46.9 Å². The van der Waals surface area contributed by atoms with Crippen LogP contribution in [0.1, 0.15) is 24.3 Å². The first-order valence-corrected chi connectivity index (χ1v) is 14.2. The molecule has 38 heavy (non-hydrogen) atoms. The van der Waals surface area contributed by atoms with Crippen molar-refractivity contribution in [2.75, 3.05) is 33.2 Å². The van der Waals surface area contributed by atoms with Crippen LogP contribution in [0.2, 0.25) is 0 Å². The summed E-state index contributed by atoms with van der Waals surface area (Å²) in [5, 5.41) is 5.85. The zero-order valence-corrected chi connectivity index (χ0v) is 22.9. The van der Waals surface area contributed by atoms with Crippen LogP contribution in [0.5, 0.6) is 0 Å². The van der Waals surface area contributed by atoms with Gasteiger partial charge in [0.2, 0.25) is 17.7 Å². The molecular weight excluding hydrogens is 502 g/mol. The fourth-order valence-electron chi connectivity index (χ4n) is 7.12. The van der Waals surface area contributed by atoms with E-state index < -0.39 is 12.1 Å². The third-order valence-corrected chi connectivity index (χ3v) is 9.96. The Hall–Kier alpha value is -2.82. The number of benzene rings is 1. The molecule has 2 bridgehead atoms. The number of ether oxygens (including phenoxy) is 1. The summed E-state index contributed by atoms with van der Waals surface area (Å²) in [6, 6.07) is 8.88. The van der Waals surface area contributed by atoms with Gasteiger partial charge in [0.1, 0.15) is 6.04 Å². The average molecular weight is 538 g/mol. The molecule has 0 radical (unpaired) electrons. The summed E-state index contributed by atoms with van der Waals surface area (Å²) < 4.78 is 6.45. The molecule has 5 heterocycles. The second-order valence-electron chi connectivity index (χ2n) is 11.9. The average Bonchev–Trinajstić information content (AvgIpc) is 3.24. The van der Waals surface area contributed by atoms with Crippen molar-refractivity contribution in [2.45, 2.75) is 39.1 Å². The van der Waals surface area contributed by atoms with Gasteiger partial charge in [0.15, 0.2) is 0 Å². The second kappa shape index (κ2) is 9.43. The Balaban J connectivity index is 1.32. The maximum Gasteiger partial charge on any atom is 0.245 e. The number of thiazole rings is 1. The number of hydrogen-bond acceptors (Lipinski definition) is 7. The van der Waals surface area contributed by atoms with E-state index in [1.54, 1.807) is 18.4 Å². The number of carbonyl (C=O) groups is 3. The first-order valence-electron chi connectivity index (χ1n) is 13.3. The summed E-state index contributed by atoms with van der Waals surface area (Å²) in [7, 11) is 1.57. The van der Waals surface area contributed by atoms with Crippen LogP contribution in [0.4, 0.5) is 0 Å². The number of amides is 3. The number of hydrogen-bond donors (Lipinski definition) is 2. The van der Waals surface area contributed by atoms with Crippen molar-refractivity contribution in [1.29, 1.82) is 0 Å². The minimum Gasteiger partial charge on any atom is -0.371 e. The van der Waals surface area contributed by atoms with Gasteiger partial charge in [0.05, 0.1) is 24.1 Å². The van der Waals surface area contributed by atoms with Crippen LogP contribution in [0.25, 0.3) is 0 Å². The molecule has 1 spiro atoms. The molecule has 1 unspecified atom stereocenters. The third kappa shape index (κ3) is 4.23. The van der Waals surface area contributed by atoms with E-state index in [9.17, 15) is 14.4 Å². The number of nitrogens with zero attached hydrogens (tertiary/aromatic N) is 3. The van der Waals surface area contributed by atoms with Gasteiger partial charge in [-0.15, -0.1) is 11.3 Å². The van der Waals surface area contributed by atoms with Gasteiger partial charge in [-0.2, -0.15) is 0 Å². The Bertz CT molecular complexity index is 1210. The number of carbonyl (C=O) groups excluding carboxylic acids is 3. The van der Waals surface area contributed by atoms with E-state index in [0.29, 0.717) is 26.2 Å². The van der Waals surface area contributed by atoms with Crippen molar-refractivity contribution in [1.82, 2.24) is 25.4 Å². The lowest BCUT2D eigenvalue weighted by molar-refractivity contribution is -0.151. The van der Waals surface area contributed by atoms with E-state index in [0.717, 1.165) is 23.5 Å². The summed E-state index contributed by atoms with van der Waals surface area (Å²) in [5.74, 6) is -1.07. The molecule has 202 valence electrons. The quantitative estimate of drug-likeness (QED) is 0.579. The lowest BCUT2D eigenvalue weighted by Gasteiger charge is -2.50. The summed E-state index contributed by atoms with van der Waals surface area (Å²) in [5.41, 5.74) is 2.14. The molecule has 2 N–H and O–H groups in total. The maximum absolute atomic E-state index is 13.9. The molecule has 1 aliphatic carbocycles. The molecule has 5 fully saturated rings. The molecule has 1 aromatic carbocycles. The van der Waals surface area contributed by atoms with Crippen molar-refractivity contribution in [3.63, 3.8) is 0 Å². The van der Waals surface area contributed by atoms with Gasteiger partial charge in [-0.05, 0) is 11.0 Å². The highest BCUT2D eigenvalue weighted by molar-refractivity contribution is 7.09. The Kier molecular flexibility index (Phi) is 6.32. The number of aromatic nitrogens is 1. The standard InChI is InChI=1S/C28H35N5O4S/c1-27(2)20-21(27)26(36)33-14-28(15-33)13-32(10-18-9-30-16-38-18)11-19(28)24(34)31-22(25(35)29-3)23(20)37-12-17-7-5-4-6-8-17/h4-9,16,19-23H,10-15H2,1-3H3,(H,29,35)(H,31,34)/t19-,20?,21-,22+,23-/m1/s1. The van der Waals surface area contributed by atoms with Crippen LogP contribution >= 0.6 is 11.3 Å². The highest BCUT2D eigenvalue weighted by atomic mass is 32.1. The topological polar surface area (TPSA) is 104 Å². The lowest BCUT2D eigenvalue weighted by atomic mass is 9.71. The van der Waals surface area contributed by atoms with Gasteiger partial charge in [-0.1, -0.05) is 44.2 Å². The molecule has 10 heteroatoms.